The van der Waals surface area contributed by atoms with Crippen molar-refractivity contribution in [2.24, 2.45) is 0 Å². The van der Waals surface area contributed by atoms with E-state index >= 15 is 0 Å². The number of rotatable bonds is 49. The fourth-order valence-corrected chi connectivity index (χ4v) is 7.50. The molecule has 2 unspecified atom stereocenters. The molecule has 65 heavy (non-hydrogen) atoms. The summed E-state index contributed by atoms with van der Waals surface area (Å²) in [6, 6.07) is 0. The Hall–Kier alpha value is -2.75. The summed E-state index contributed by atoms with van der Waals surface area (Å²) in [5.74, 6) is -2.11. The Morgan fingerprint density at radius 1 is 0.477 bits per heavy atom. The zero-order valence-electron chi connectivity index (χ0n) is 42.9. The van der Waals surface area contributed by atoms with Gasteiger partial charge >= 0.3 is 17.9 Å². The number of carbonyl (C=O) groups excluding carboxylic acids is 2. The number of ether oxygens (including phenoxy) is 4. The molecule has 9 nitrogen and oxygen atoms in total. The van der Waals surface area contributed by atoms with Gasteiger partial charge in [-0.25, -0.2) is 4.79 Å². The highest BCUT2D eigenvalue weighted by molar-refractivity contribution is 5.71. The molecule has 1 N–H and O–H groups in total. The second kappa shape index (κ2) is 47.7. The minimum Gasteiger partial charge on any atom is -0.477 e. The van der Waals surface area contributed by atoms with Crippen LogP contribution in [0.1, 0.15) is 232 Å². The van der Waals surface area contributed by atoms with Gasteiger partial charge in [0.05, 0.1) is 34.4 Å². The number of likely N-dealkylation sites (N-methyl/N-ethyl adjacent to an activating group) is 1. The highest BCUT2D eigenvalue weighted by Gasteiger charge is 2.25. The van der Waals surface area contributed by atoms with Gasteiger partial charge in [0.1, 0.15) is 13.2 Å². The first-order valence-electron chi connectivity index (χ1n) is 26.8. The number of aliphatic carboxylic acids is 1. The van der Waals surface area contributed by atoms with E-state index in [1.54, 1.807) is 0 Å². The second-order valence-corrected chi connectivity index (χ2v) is 19.2. The molecule has 2 atom stereocenters. The van der Waals surface area contributed by atoms with Crippen LogP contribution in [0, 0.1) is 0 Å². The number of hydrogen-bond donors (Lipinski definition) is 1. The van der Waals surface area contributed by atoms with E-state index < -0.39 is 24.3 Å². The van der Waals surface area contributed by atoms with Crippen molar-refractivity contribution in [3.63, 3.8) is 0 Å². The van der Waals surface area contributed by atoms with Crippen LogP contribution in [0.3, 0.4) is 0 Å². The lowest BCUT2D eigenvalue weighted by Crippen LogP contribution is -2.40. The molecule has 0 fully saturated rings. The minimum absolute atomic E-state index is 0.140. The van der Waals surface area contributed by atoms with Crippen molar-refractivity contribution in [3.8, 4) is 0 Å². The minimum atomic E-state index is -1.53. The average Bonchev–Trinajstić information content (AvgIpc) is 3.27. The van der Waals surface area contributed by atoms with Crippen molar-refractivity contribution < 1.29 is 42.9 Å². The van der Waals surface area contributed by atoms with Gasteiger partial charge < -0.3 is 28.5 Å². The lowest BCUT2D eigenvalue weighted by Gasteiger charge is -2.25. The van der Waals surface area contributed by atoms with Gasteiger partial charge in [0, 0.05) is 12.8 Å². The third-order valence-corrected chi connectivity index (χ3v) is 11.6. The first-order valence-corrected chi connectivity index (χ1v) is 26.8. The number of allylic oxidation sites excluding steroid dienone is 8. The molecule has 0 amide bonds. The summed E-state index contributed by atoms with van der Waals surface area (Å²) in [6.07, 6.45) is 55.1. The van der Waals surface area contributed by atoms with Crippen molar-refractivity contribution in [2.75, 3.05) is 47.5 Å². The summed E-state index contributed by atoms with van der Waals surface area (Å²) in [4.78, 5) is 37.2. The highest BCUT2D eigenvalue weighted by Crippen LogP contribution is 2.17. The molecule has 0 spiro atoms. The van der Waals surface area contributed by atoms with Crippen molar-refractivity contribution in [1.82, 2.24) is 0 Å². The van der Waals surface area contributed by atoms with Crippen molar-refractivity contribution in [2.45, 2.75) is 245 Å². The molecule has 378 valence electrons. The van der Waals surface area contributed by atoms with Crippen LogP contribution in [0.2, 0.25) is 0 Å². The number of hydrogen-bond acceptors (Lipinski definition) is 7. The fourth-order valence-electron chi connectivity index (χ4n) is 7.50. The maximum atomic E-state index is 12.7. The lowest BCUT2D eigenvalue weighted by atomic mass is 10.0. The fraction of sp³-hybridized carbons (Fsp3) is 0.804. The Balaban J connectivity index is 4.18. The number of carboxylic acids is 1. The van der Waals surface area contributed by atoms with Crippen LogP contribution in [0.4, 0.5) is 0 Å². The van der Waals surface area contributed by atoms with Gasteiger partial charge in [0.15, 0.2) is 6.10 Å². The molecule has 0 aromatic carbocycles. The van der Waals surface area contributed by atoms with Crippen LogP contribution < -0.4 is 0 Å². The summed E-state index contributed by atoms with van der Waals surface area (Å²) in [5, 5.41) is 9.65. The normalized spacial score (nSPS) is 13.2. The molecule has 0 aliphatic heterocycles. The van der Waals surface area contributed by atoms with Gasteiger partial charge in [-0.15, -0.1) is 0 Å². The number of nitrogens with zero attached hydrogens (tertiary/aromatic N) is 1. The Morgan fingerprint density at radius 2 is 0.877 bits per heavy atom. The summed E-state index contributed by atoms with van der Waals surface area (Å²) in [5.41, 5.74) is 0. The van der Waals surface area contributed by atoms with Gasteiger partial charge in [-0.05, 0) is 38.5 Å². The largest absolute Gasteiger partial charge is 0.477 e. The average molecular weight is 917 g/mol. The van der Waals surface area contributed by atoms with E-state index in [4.69, 9.17) is 18.9 Å². The molecule has 9 heteroatoms. The molecule has 0 aromatic heterocycles. The molecule has 0 bridgehead atoms. The Kier molecular flexibility index (Phi) is 45.7. The molecule has 0 radical (unpaired) electrons. The van der Waals surface area contributed by atoms with Crippen molar-refractivity contribution in [3.05, 3.63) is 48.6 Å². The number of unbranched alkanes of at least 4 members (excludes halogenated alkanes) is 26. The second-order valence-electron chi connectivity index (χ2n) is 19.2. The first kappa shape index (κ1) is 62.2. The van der Waals surface area contributed by atoms with E-state index in [-0.39, 0.29) is 32.2 Å². The molecule has 0 heterocycles. The van der Waals surface area contributed by atoms with E-state index in [0.29, 0.717) is 23.9 Å². The standard InChI is InChI=1S/C56H101NO8/c1-6-8-10-12-14-16-18-20-21-22-23-24-25-26-27-28-29-30-31-32-33-35-36-38-40-42-44-46-53(58)63-50-52(51-64-56(55(60)61)62-49-48-57(3,4)5)65-54(59)47-45-43-41-39-37-34-19-17-15-13-11-9-7-2/h9,11,15,17,34,37,41,43,52,56H,6-8,10,12-14,16,18-33,35-36,38-40,42,44-51H2,1-5H3/p+1/b11-9-,17-15-,37-34-,43-41-. The van der Waals surface area contributed by atoms with E-state index in [1.807, 2.05) is 33.3 Å². The zero-order valence-corrected chi connectivity index (χ0v) is 42.9. The summed E-state index contributed by atoms with van der Waals surface area (Å²) < 4.78 is 22.7. The first-order chi connectivity index (χ1) is 31.6. The topological polar surface area (TPSA) is 108 Å². The predicted molar refractivity (Wildman–Crippen MR) is 272 cm³/mol. The quantitative estimate of drug-likeness (QED) is 0.0211. The van der Waals surface area contributed by atoms with Gasteiger partial charge in [0.25, 0.3) is 6.29 Å². The smallest absolute Gasteiger partial charge is 0.361 e. The predicted octanol–water partition coefficient (Wildman–Crippen LogP) is 15.1. The van der Waals surface area contributed by atoms with Crippen LogP contribution in [0.15, 0.2) is 48.6 Å². The van der Waals surface area contributed by atoms with Crippen molar-refractivity contribution >= 4 is 17.9 Å². The molecule has 0 aliphatic rings. The maximum Gasteiger partial charge on any atom is 0.361 e. The summed E-state index contributed by atoms with van der Waals surface area (Å²) in [7, 11) is 5.94. The molecular formula is C56H102NO8+. The molecule has 0 rings (SSSR count). The van der Waals surface area contributed by atoms with Gasteiger partial charge in [0.2, 0.25) is 0 Å². The van der Waals surface area contributed by atoms with E-state index in [1.165, 1.54) is 154 Å². The monoisotopic (exact) mass is 917 g/mol. The van der Waals surface area contributed by atoms with Gasteiger partial charge in [-0.3, -0.25) is 9.59 Å². The van der Waals surface area contributed by atoms with Crippen molar-refractivity contribution in [1.29, 1.82) is 0 Å². The van der Waals surface area contributed by atoms with E-state index in [9.17, 15) is 19.5 Å². The number of quaternary nitrogens is 1. The third kappa shape index (κ3) is 49.0. The molecule has 0 aromatic rings. The van der Waals surface area contributed by atoms with Crippen LogP contribution in [0.25, 0.3) is 0 Å². The zero-order chi connectivity index (χ0) is 47.7. The summed E-state index contributed by atoms with van der Waals surface area (Å²) >= 11 is 0. The Morgan fingerprint density at radius 3 is 1.28 bits per heavy atom. The van der Waals surface area contributed by atoms with Crippen LogP contribution in [0.5, 0.6) is 0 Å². The summed E-state index contributed by atoms with van der Waals surface area (Å²) in [6.45, 7) is 4.69. The van der Waals surface area contributed by atoms with Gasteiger partial charge in [-0.2, -0.15) is 0 Å². The number of carboxylic acid groups (broad SMARTS) is 1. The number of esters is 2. The Bertz CT molecular complexity index is 1210. The Labute approximate surface area is 400 Å². The molecule has 0 saturated carbocycles. The number of carbonyl (C=O) groups is 3. The van der Waals surface area contributed by atoms with Crippen LogP contribution >= 0.6 is 0 Å². The molecule has 0 aliphatic carbocycles. The van der Waals surface area contributed by atoms with E-state index in [0.717, 1.165) is 44.9 Å². The highest BCUT2D eigenvalue weighted by atomic mass is 16.7. The third-order valence-electron chi connectivity index (χ3n) is 11.6. The lowest BCUT2D eigenvalue weighted by molar-refractivity contribution is -0.870. The van der Waals surface area contributed by atoms with Crippen LogP contribution in [-0.4, -0.2) is 87.4 Å². The molecule has 0 saturated heterocycles. The van der Waals surface area contributed by atoms with E-state index in [2.05, 4.69) is 50.3 Å². The maximum absolute atomic E-state index is 12.7. The van der Waals surface area contributed by atoms with Gasteiger partial charge in [-0.1, -0.05) is 229 Å². The SMILES string of the molecule is CC/C=C\C/C=C\C/C=C\C/C=C\CCC(=O)OC(COC(=O)CCCCCCCCCCCCCCCCCCCCCCCCCCCCC)COC(OCC[N+](C)(C)C)C(=O)O. The van der Waals surface area contributed by atoms with Crippen LogP contribution in [-0.2, 0) is 33.3 Å². The molecular weight excluding hydrogens is 815 g/mol.